The third-order valence-corrected chi connectivity index (χ3v) is 4.34. The van der Waals surface area contributed by atoms with Crippen LogP contribution >= 0.6 is 0 Å². The Labute approximate surface area is 140 Å². The van der Waals surface area contributed by atoms with E-state index in [2.05, 4.69) is 24.2 Å². The minimum absolute atomic E-state index is 0.381. The predicted molar refractivity (Wildman–Crippen MR) is 91.9 cm³/mol. The predicted octanol–water partition coefficient (Wildman–Crippen LogP) is 1.51. The van der Waals surface area contributed by atoms with Gasteiger partial charge in [-0.2, -0.15) is 0 Å². The summed E-state index contributed by atoms with van der Waals surface area (Å²) in [6.45, 7) is 9.04. The molecule has 6 nitrogen and oxygen atoms in total. The van der Waals surface area contributed by atoms with Gasteiger partial charge in [0.2, 0.25) is 0 Å². The number of aliphatic imine (C=N–C) groups is 1. The molecule has 1 atom stereocenters. The topological polar surface area (TPSA) is 55.3 Å². The number of hydrogen-bond acceptors (Lipinski definition) is 4. The average molecular weight is 327 g/mol. The SMILES string of the molecule is CCNC(=NCCCOC1CCOCC1)N(C)CC1CCOC1. The molecule has 0 aromatic heterocycles. The van der Waals surface area contributed by atoms with Crippen molar-refractivity contribution in [1.82, 2.24) is 10.2 Å². The van der Waals surface area contributed by atoms with Gasteiger partial charge in [0.25, 0.3) is 0 Å². The Hall–Kier alpha value is -0.850. The molecule has 2 aliphatic rings. The van der Waals surface area contributed by atoms with Crippen molar-refractivity contribution in [2.75, 3.05) is 59.7 Å². The molecule has 0 radical (unpaired) electrons. The van der Waals surface area contributed by atoms with Gasteiger partial charge in [0.05, 0.1) is 12.7 Å². The van der Waals surface area contributed by atoms with Crippen molar-refractivity contribution in [3.8, 4) is 0 Å². The number of hydrogen-bond donors (Lipinski definition) is 1. The first kappa shape index (κ1) is 18.5. The van der Waals surface area contributed by atoms with Gasteiger partial charge in [0, 0.05) is 59.0 Å². The molecule has 0 aromatic rings. The van der Waals surface area contributed by atoms with Crippen LogP contribution in [0, 0.1) is 5.92 Å². The lowest BCUT2D eigenvalue weighted by Crippen LogP contribution is -2.41. The average Bonchev–Trinajstić information content (AvgIpc) is 3.07. The molecule has 6 heteroatoms. The van der Waals surface area contributed by atoms with Gasteiger partial charge in [-0.3, -0.25) is 4.99 Å². The summed E-state index contributed by atoms with van der Waals surface area (Å²) in [5.41, 5.74) is 0. The lowest BCUT2D eigenvalue weighted by Gasteiger charge is -2.24. The van der Waals surface area contributed by atoms with Gasteiger partial charge in [-0.1, -0.05) is 0 Å². The molecule has 0 aliphatic carbocycles. The van der Waals surface area contributed by atoms with Crippen molar-refractivity contribution < 1.29 is 14.2 Å². The minimum atomic E-state index is 0.381. The van der Waals surface area contributed by atoms with E-state index in [1.165, 1.54) is 0 Å². The zero-order chi connectivity index (χ0) is 16.3. The fourth-order valence-electron chi connectivity index (χ4n) is 3.01. The van der Waals surface area contributed by atoms with Gasteiger partial charge in [0.1, 0.15) is 0 Å². The lowest BCUT2D eigenvalue weighted by molar-refractivity contribution is -0.0318. The minimum Gasteiger partial charge on any atom is -0.381 e. The molecule has 0 bridgehead atoms. The molecule has 2 saturated heterocycles. The number of rotatable bonds is 8. The second-order valence-electron chi connectivity index (χ2n) is 6.38. The normalized spacial score (nSPS) is 23.2. The molecule has 2 aliphatic heterocycles. The van der Waals surface area contributed by atoms with Crippen LogP contribution in [0.2, 0.25) is 0 Å². The molecule has 2 fully saturated rings. The molecule has 0 aromatic carbocycles. The Bertz CT molecular complexity index is 340. The van der Waals surface area contributed by atoms with E-state index in [1.54, 1.807) is 0 Å². The van der Waals surface area contributed by atoms with Crippen LogP contribution < -0.4 is 5.32 Å². The second-order valence-corrected chi connectivity index (χ2v) is 6.38. The van der Waals surface area contributed by atoms with Crippen LogP contribution in [-0.2, 0) is 14.2 Å². The van der Waals surface area contributed by atoms with Crippen LogP contribution in [0.25, 0.3) is 0 Å². The van der Waals surface area contributed by atoms with Crippen molar-refractivity contribution in [2.24, 2.45) is 10.9 Å². The van der Waals surface area contributed by atoms with Crippen molar-refractivity contribution in [2.45, 2.75) is 38.7 Å². The maximum atomic E-state index is 5.89. The van der Waals surface area contributed by atoms with Gasteiger partial charge >= 0.3 is 0 Å². The van der Waals surface area contributed by atoms with Crippen LogP contribution in [0.15, 0.2) is 4.99 Å². The molecule has 1 unspecified atom stereocenters. The third kappa shape index (κ3) is 7.06. The maximum absolute atomic E-state index is 5.89. The second kappa shape index (κ2) is 10.8. The van der Waals surface area contributed by atoms with E-state index < -0.39 is 0 Å². The van der Waals surface area contributed by atoms with Crippen LogP contribution in [0.3, 0.4) is 0 Å². The van der Waals surface area contributed by atoms with Crippen molar-refractivity contribution in [1.29, 1.82) is 0 Å². The zero-order valence-corrected chi connectivity index (χ0v) is 14.8. The monoisotopic (exact) mass is 327 g/mol. The molecule has 1 N–H and O–H groups in total. The largest absolute Gasteiger partial charge is 0.381 e. The Kier molecular flexibility index (Phi) is 8.71. The summed E-state index contributed by atoms with van der Waals surface area (Å²) < 4.78 is 16.7. The Morgan fingerprint density at radius 3 is 2.70 bits per heavy atom. The molecule has 0 amide bonds. The summed E-state index contributed by atoms with van der Waals surface area (Å²) in [5, 5.41) is 3.37. The first-order valence-electron chi connectivity index (χ1n) is 9.06. The van der Waals surface area contributed by atoms with E-state index in [9.17, 15) is 0 Å². The van der Waals surface area contributed by atoms with E-state index in [0.717, 1.165) is 84.3 Å². The summed E-state index contributed by atoms with van der Waals surface area (Å²) in [6, 6.07) is 0. The third-order valence-electron chi connectivity index (χ3n) is 4.34. The maximum Gasteiger partial charge on any atom is 0.193 e. The summed E-state index contributed by atoms with van der Waals surface area (Å²) in [4.78, 5) is 6.95. The molecule has 2 rings (SSSR count). The highest BCUT2D eigenvalue weighted by molar-refractivity contribution is 5.79. The Morgan fingerprint density at radius 2 is 2.00 bits per heavy atom. The van der Waals surface area contributed by atoms with Crippen molar-refractivity contribution in [3.63, 3.8) is 0 Å². The van der Waals surface area contributed by atoms with Crippen molar-refractivity contribution in [3.05, 3.63) is 0 Å². The highest BCUT2D eigenvalue weighted by atomic mass is 16.5. The van der Waals surface area contributed by atoms with E-state index in [-0.39, 0.29) is 0 Å². The quantitative estimate of drug-likeness (QED) is 0.416. The van der Waals surface area contributed by atoms with Gasteiger partial charge in [-0.05, 0) is 32.6 Å². The van der Waals surface area contributed by atoms with Gasteiger partial charge in [0.15, 0.2) is 5.96 Å². The van der Waals surface area contributed by atoms with Gasteiger partial charge in [-0.25, -0.2) is 0 Å². The summed E-state index contributed by atoms with van der Waals surface area (Å²) in [7, 11) is 2.11. The van der Waals surface area contributed by atoms with Gasteiger partial charge < -0.3 is 24.4 Å². The molecule has 0 spiro atoms. The number of ether oxygens (including phenoxy) is 3. The van der Waals surface area contributed by atoms with Gasteiger partial charge in [-0.15, -0.1) is 0 Å². The molecule has 23 heavy (non-hydrogen) atoms. The molecule has 0 saturated carbocycles. The van der Waals surface area contributed by atoms with Crippen LogP contribution in [0.5, 0.6) is 0 Å². The van der Waals surface area contributed by atoms with Crippen molar-refractivity contribution >= 4 is 5.96 Å². The Morgan fingerprint density at radius 1 is 1.22 bits per heavy atom. The first-order valence-corrected chi connectivity index (χ1v) is 9.06. The molecule has 134 valence electrons. The first-order chi connectivity index (χ1) is 11.3. The smallest absolute Gasteiger partial charge is 0.193 e. The van der Waals surface area contributed by atoms with E-state index in [1.807, 2.05) is 0 Å². The molecular weight excluding hydrogens is 294 g/mol. The zero-order valence-electron chi connectivity index (χ0n) is 14.8. The summed E-state index contributed by atoms with van der Waals surface area (Å²) >= 11 is 0. The van der Waals surface area contributed by atoms with E-state index >= 15 is 0 Å². The lowest BCUT2D eigenvalue weighted by atomic mass is 10.1. The Balaban J connectivity index is 1.65. The standard InChI is InChI=1S/C17H33N3O3/c1-3-18-17(20(2)13-15-5-10-22-14-15)19-8-4-9-23-16-6-11-21-12-7-16/h15-16H,3-14H2,1-2H3,(H,18,19). The highest BCUT2D eigenvalue weighted by Crippen LogP contribution is 2.13. The fourth-order valence-corrected chi connectivity index (χ4v) is 3.01. The van der Waals surface area contributed by atoms with Crippen LogP contribution in [0.4, 0.5) is 0 Å². The van der Waals surface area contributed by atoms with E-state index in [4.69, 9.17) is 19.2 Å². The fraction of sp³-hybridized carbons (Fsp3) is 0.941. The molecular formula is C17H33N3O3. The van der Waals surface area contributed by atoms with Crippen LogP contribution in [0.1, 0.15) is 32.6 Å². The van der Waals surface area contributed by atoms with Crippen LogP contribution in [-0.4, -0.2) is 76.7 Å². The molecule has 2 heterocycles. The number of nitrogens with one attached hydrogen (secondary N) is 1. The highest BCUT2D eigenvalue weighted by Gasteiger charge is 2.19. The summed E-state index contributed by atoms with van der Waals surface area (Å²) in [6.07, 6.45) is 4.55. The summed E-state index contributed by atoms with van der Waals surface area (Å²) in [5.74, 6) is 1.62. The van der Waals surface area contributed by atoms with E-state index in [0.29, 0.717) is 12.0 Å². The number of nitrogens with zero attached hydrogens (tertiary/aromatic N) is 2. The number of guanidine groups is 1.